The van der Waals surface area contributed by atoms with E-state index in [9.17, 15) is 10.1 Å². The van der Waals surface area contributed by atoms with E-state index in [2.05, 4.69) is 16.7 Å². The van der Waals surface area contributed by atoms with Gasteiger partial charge in [0.2, 0.25) is 0 Å². The molecule has 0 saturated heterocycles. The van der Waals surface area contributed by atoms with Gasteiger partial charge in [-0.3, -0.25) is 0 Å². The van der Waals surface area contributed by atoms with Crippen LogP contribution in [0.15, 0.2) is 5.51 Å². The van der Waals surface area contributed by atoms with Crippen LogP contribution in [0.3, 0.4) is 0 Å². The second kappa shape index (κ2) is 6.42. The van der Waals surface area contributed by atoms with Crippen molar-refractivity contribution in [2.45, 2.75) is 45.6 Å². The second-order valence-electron chi connectivity index (χ2n) is 3.66. The number of aryl methyl sites for hydroxylation is 1. The smallest absolute Gasteiger partial charge is 0.294 e. The summed E-state index contributed by atoms with van der Waals surface area (Å²) in [4.78, 5) is 20.2. The molecular formula is C10H16N2O3S. The molecule has 1 aromatic rings. The fourth-order valence-electron chi connectivity index (χ4n) is 1.47. The van der Waals surface area contributed by atoms with Crippen molar-refractivity contribution in [3.05, 3.63) is 26.2 Å². The Labute approximate surface area is 98.6 Å². The van der Waals surface area contributed by atoms with Crippen LogP contribution in [0, 0.1) is 17.0 Å². The standard InChI is InChI=1S/C10H16N2O3S/c1-3-4-5-9(15-12(13)14)6-10-8(2)11-7-16-10/h7,9H,3-6H2,1-2H3. The molecule has 0 N–H and O–H groups in total. The Morgan fingerprint density at radius 2 is 2.44 bits per heavy atom. The number of rotatable bonds is 7. The predicted molar refractivity (Wildman–Crippen MR) is 61.9 cm³/mol. The van der Waals surface area contributed by atoms with Crippen molar-refractivity contribution in [1.82, 2.24) is 4.98 Å². The number of unbranched alkanes of at least 4 members (excludes halogenated alkanes) is 1. The first-order valence-corrected chi connectivity index (χ1v) is 6.21. The van der Waals surface area contributed by atoms with Crippen LogP contribution in [0.5, 0.6) is 0 Å². The SMILES string of the molecule is CCCCC(Cc1scnc1C)O[N+](=O)[O-]. The van der Waals surface area contributed by atoms with Crippen LogP contribution < -0.4 is 0 Å². The van der Waals surface area contributed by atoms with E-state index in [1.165, 1.54) is 11.3 Å². The summed E-state index contributed by atoms with van der Waals surface area (Å²) in [6, 6.07) is 0. The third kappa shape index (κ3) is 4.14. The summed E-state index contributed by atoms with van der Waals surface area (Å²) in [5, 5.41) is 9.66. The predicted octanol–water partition coefficient (Wildman–Crippen LogP) is 2.76. The van der Waals surface area contributed by atoms with Crippen molar-refractivity contribution >= 4 is 11.3 Å². The van der Waals surface area contributed by atoms with Crippen molar-refractivity contribution in [2.24, 2.45) is 0 Å². The summed E-state index contributed by atoms with van der Waals surface area (Å²) >= 11 is 1.52. The molecule has 0 bridgehead atoms. The van der Waals surface area contributed by atoms with Crippen molar-refractivity contribution < 1.29 is 9.92 Å². The fraction of sp³-hybridized carbons (Fsp3) is 0.700. The van der Waals surface area contributed by atoms with Crippen LogP contribution in [0.25, 0.3) is 0 Å². The second-order valence-corrected chi connectivity index (χ2v) is 4.60. The minimum atomic E-state index is -0.698. The molecule has 0 amide bonds. The summed E-state index contributed by atoms with van der Waals surface area (Å²) in [7, 11) is 0. The highest BCUT2D eigenvalue weighted by Gasteiger charge is 2.16. The zero-order valence-corrected chi connectivity index (χ0v) is 10.3. The van der Waals surface area contributed by atoms with Gasteiger partial charge in [0, 0.05) is 11.3 Å². The number of aromatic nitrogens is 1. The monoisotopic (exact) mass is 244 g/mol. The average Bonchev–Trinajstić information content (AvgIpc) is 2.60. The highest BCUT2D eigenvalue weighted by Crippen LogP contribution is 2.18. The summed E-state index contributed by atoms with van der Waals surface area (Å²) in [6.07, 6.45) is 2.91. The minimum absolute atomic E-state index is 0.339. The molecule has 0 aliphatic carbocycles. The molecule has 0 fully saturated rings. The van der Waals surface area contributed by atoms with Crippen molar-refractivity contribution in [3.63, 3.8) is 0 Å². The van der Waals surface area contributed by atoms with Gasteiger partial charge in [0.25, 0.3) is 5.09 Å². The molecule has 5 nitrogen and oxygen atoms in total. The number of thiazole rings is 1. The van der Waals surface area contributed by atoms with Gasteiger partial charge in [-0.2, -0.15) is 0 Å². The van der Waals surface area contributed by atoms with Crippen LogP contribution in [0.4, 0.5) is 0 Å². The molecule has 0 saturated carbocycles. The van der Waals surface area contributed by atoms with Gasteiger partial charge >= 0.3 is 0 Å². The first-order valence-electron chi connectivity index (χ1n) is 5.33. The van der Waals surface area contributed by atoms with Gasteiger partial charge in [-0.05, 0) is 13.3 Å². The lowest BCUT2D eigenvalue weighted by atomic mass is 10.1. The Morgan fingerprint density at radius 1 is 1.69 bits per heavy atom. The maximum absolute atomic E-state index is 10.4. The molecule has 90 valence electrons. The number of nitrogens with zero attached hydrogens (tertiary/aromatic N) is 2. The first-order chi connectivity index (χ1) is 7.63. The summed E-state index contributed by atoms with van der Waals surface area (Å²) in [5.74, 6) is 0. The molecule has 1 atom stereocenters. The largest absolute Gasteiger partial charge is 0.310 e. The lowest BCUT2D eigenvalue weighted by Gasteiger charge is -2.13. The van der Waals surface area contributed by atoms with Gasteiger partial charge in [-0.1, -0.05) is 19.8 Å². The average molecular weight is 244 g/mol. The van der Waals surface area contributed by atoms with Crippen LogP contribution in [-0.2, 0) is 11.3 Å². The van der Waals surface area contributed by atoms with Gasteiger partial charge in [0.1, 0.15) is 6.10 Å². The maximum Gasteiger partial charge on any atom is 0.294 e. The molecule has 0 aromatic carbocycles. The third-order valence-corrected chi connectivity index (χ3v) is 3.33. The van der Waals surface area contributed by atoms with Crippen molar-refractivity contribution in [2.75, 3.05) is 0 Å². The molecule has 6 heteroatoms. The lowest BCUT2D eigenvalue weighted by molar-refractivity contribution is -0.768. The van der Waals surface area contributed by atoms with Gasteiger partial charge in [-0.15, -0.1) is 21.5 Å². The number of hydrogen-bond acceptors (Lipinski definition) is 5. The molecule has 16 heavy (non-hydrogen) atoms. The van der Waals surface area contributed by atoms with Crippen LogP contribution in [0.1, 0.15) is 36.8 Å². The molecule has 1 rings (SSSR count). The van der Waals surface area contributed by atoms with Crippen LogP contribution in [-0.4, -0.2) is 16.2 Å². The Kier molecular flexibility index (Phi) is 5.18. The van der Waals surface area contributed by atoms with E-state index in [1.54, 1.807) is 5.51 Å². The quantitative estimate of drug-likeness (QED) is 0.546. The molecule has 0 aliphatic rings. The highest BCUT2D eigenvalue weighted by molar-refractivity contribution is 7.09. The van der Waals surface area contributed by atoms with Crippen LogP contribution >= 0.6 is 11.3 Å². The summed E-state index contributed by atoms with van der Waals surface area (Å²) < 4.78 is 0. The minimum Gasteiger partial charge on any atom is -0.310 e. The summed E-state index contributed by atoms with van der Waals surface area (Å²) in [6.45, 7) is 3.97. The maximum atomic E-state index is 10.4. The van der Waals surface area contributed by atoms with E-state index in [-0.39, 0.29) is 6.10 Å². The molecule has 1 heterocycles. The third-order valence-electron chi connectivity index (χ3n) is 2.37. The zero-order valence-electron chi connectivity index (χ0n) is 9.51. The normalized spacial score (nSPS) is 12.4. The zero-order chi connectivity index (χ0) is 12.0. The van der Waals surface area contributed by atoms with E-state index in [1.807, 2.05) is 6.92 Å². The van der Waals surface area contributed by atoms with E-state index in [0.29, 0.717) is 6.42 Å². The van der Waals surface area contributed by atoms with E-state index in [0.717, 1.165) is 29.8 Å². The molecule has 1 aromatic heterocycles. The van der Waals surface area contributed by atoms with Gasteiger partial charge in [0.15, 0.2) is 0 Å². The highest BCUT2D eigenvalue weighted by atomic mass is 32.1. The first kappa shape index (κ1) is 12.9. The number of hydrogen-bond donors (Lipinski definition) is 0. The molecule has 0 spiro atoms. The Bertz CT molecular complexity index is 341. The van der Waals surface area contributed by atoms with Gasteiger partial charge in [-0.25, -0.2) is 4.98 Å². The molecule has 0 aliphatic heterocycles. The van der Waals surface area contributed by atoms with E-state index in [4.69, 9.17) is 0 Å². The Hall–Kier alpha value is -1.17. The Morgan fingerprint density at radius 3 is 2.94 bits per heavy atom. The van der Waals surface area contributed by atoms with E-state index >= 15 is 0 Å². The topological polar surface area (TPSA) is 65.3 Å². The summed E-state index contributed by atoms with van der Waals surface area (Å²) in [5.41, 5.74) is 2.70. The van der Waals surface area contributed by atoms with Gasteiger partial charge < -0.3 is 4.84 Å². The molecular weight excluding hydrogens is 228 g/mol. The fourth-order valence-corrected chi connectivity index (χ4v) is 2.32. The van der Waals surface area contributed by atoms with Crippen LogP contribution in [0.2, 0.25) is 0 Å². The van der Waals surface area contributed by atoms with Crippen molar-refractivity contribution in [1.29, 1.82) is 0 Å². The molecule has 1 unspecified atom stereocenters. The molecule has 0 radical (unpaired) electrons. The van der Waals surface area contributed by atoms with E-state index < -0.39 is 5.09 Å². The van der Waals surface area contributed by atoms with Gasteiger partial charge in [0.05, 0.1) is 11.2 Å². The lowest BCUT2D eigenvalue weighted by Crippen LogP contribution is -2.19. The van der Waals surface area contributed by atoms with Crippen molar-refractivity contribution in [3.8, 4) is 0 Å². The Balaban J connectivity index is 2.55.